The first kappa shape index (κ1) is 21.7. The van der Waals surface area contributed by atoms with Gasteiger partial charge in [-0.1, -0.05) is 78.9 Å². The zero-order valence-electron chi connectivity index (χ0n) is 22.0. The summed E-state index contributed by atoms with van der Waals surface area (Å²) in [5.41, 5.74) is 6.18. The molecule has 41 heavy (non-hydrogen) atoms. The van der Waals surface area contributed by atoms with E-state index in [2.05, 4.69) is 143 Å². The van der Waals surface area contributed by atoms with Gasteiger partial charge in [0, 0.05) is 64.4 Å². The molecule has 2 nitrogen and oxygen atoms in total. The number of nitrogens with zero attached hydrogens (tertiary/aromatic N) is 2. The number of para-hydroxylation sites is 2. The van der Waals surface area contributed by atoms with Crippen molar-refractivity contribution in [3.8, 4) is 5.69 Å². The highest BCUT2D eigenvalue weighted by molar-refractivity contribution is 7.25. The molecule has 3 heteroatoms. The smallest absolute Gasteiger partial charge is 0.0613 e. The molecule has 4 aromatic heterocycles. The van der Waals surface area contributed by atoms with Crippen molar-refractivity contribution in [1.82, 2.24) is 8.97 Å². The zero-order valence-corrected chi connectivity index (χ0v) is 22.8. The third kappa shape index (κ3) is 2.76. The molecule has 0 saturated heterocycles. The predicted molar refractivity (Wildman–Crippen MR) is 177 cm³/mol. The second kappa shape index (κ2) is 7.75. The van der Waals surface area contributed by atoms with Crippen LogP contribution in [0.1, 0.15) is 0 Å². The van der Waals surface area contributed by atoms with Crippen LogP contribution in [-0.2, 0) is 0 Å². The fourth-order valence-electron chi connectivity index (χ4n) is 7.18. The molecule has 6 aromatic carbocycles. The number of pyridine rings is 1. The Morgan fingerprint density at radius 3 is 2.05 bits per heavy atom. The summed E-state index contributed by atoms with van der Waals surface area (Å²) in [5.74, 6) is 0. The summed E-state index contributed by atoms with van der Waals surface area (Å²) >= 11 is 1.90. The van der Waals surface area contributed by atoms with Gasteiger partial charge in [-0.3, -0.25) is 0 Å². The highest BCUT2D eigenvalue weighted by atomic mass is 32.1. The molecule has 0 unspecified atom stereocenters. The number of fused-ring (bicyclic) bond motifs is 15. The molecule has 0 bridgehead atoms. The van der Waals surface area contributed by atoms with Crippen LogP contribution >= 0.6 is 11.3 Å². The molecule has 10 rings (SSSR count). The Bertz CT molecular complexity index is 2690. The fourth-order valence-corrected chi connectivity index (χ4v) is 8.30. The lowest BCUT2D eigenvalue weighted by molar-refractivity contribution is 1.18. The monoisotopic (exact) mass is 538 g/mol. The van der Waals surface area contributed by atoms with Gasteiger partial charge in [-0.05, 0) is 53.9 Å². The Labute approximate surface area is 238 Å². The maximum absolute atomic E-state index is 2.47. The van der Waals surface area contributed by atoms with Crippen LogP contribution in [0, 0.1) is 0 Å². The van der Waals surface area contributed by atoms with Gasteiger partial charge in [0.25, 0.3) is 0 Å². The minimum absolute atomic E-state index is 1.18. The number of hydrogen-bond acceptors (Lipinski definition) is 1. The Morgan fingerprint density at radius 2 is 1.15 bits per heavy atom. The van der Waals surface area contributed by atoms with E-state index in [1.807, 2.05) is 11.3 Å². The molecule has 0 radical (unpaired) electrons. The Morgan fingerprint density at radius 1 is 0.439 bits per heavy atom. The van der Waals surface area contributed by atoms with Crippen molar-refractivity contribution < 1.29 is 0 Å². The standard InChI is InChI=1S/C38H22N2S/c1-2-11-24(12-3-1)40-31-16-8-6-15-27(31)36-33(40)19-18-32-37(36)29-21-35-28(26-14-7-9-17-34(26)41-35)20-30(29)38-25-13-5-4-10-23(25)22-39(32)38/h1-22H. The average molecular weight is 539 g/mol. The van der Waals surface area contributed by atoms with E-state index in [9.17, 15) is 0 Å². The van der Waals surface area contributed by atoms with Crippen molar-refractivity contribution in [3.05, 3.63) is 134 Å². The van der Waals surface area contributed by atoms with Crippen LogP contribution in [0.2, 0.25) is 0 Å². The van der Waals surface area contributed by atoms with Gasteiger partial charge in [-0.2, -0.15) is 0 Å². The summed E-state index contributed by atoms with van der Waals surface area (Å²) in [5, 5.41) is 11.8. The van der Waals surface area contributed by atoms with Crippen molar-refractivity contribution >= 4 is 91.3 Å². The van der Waals surface area contributed by atoms with E-state index >= 15 is 0 Å². The van der Waals surface area contributed by atoms with Crippen molar-refractivity contribution in [2.75, 3.05) is 0 Å². The molecule has 0 amide bonds. The third-order valence-corrected chi connectivity index (χ3v) is 9.99. The van der Waals surface area contributed by atoms with Crippen molar-refractivity contribution in [1.29, 1.82) is 0 Å². The average Bonchev–Trinajstić information content (AvgIpc) is 3.70. The molecule has 4 heterocycles. The van der Waals surface area contributed by atoms with Crippen LogP contribution in [0.3, 0.4) is 0 Å². The van der Waals surface area contributed by atoms with Gasteiger partial charge in [0.2, 0.25) is 0 Å². The van der Waals surface area contributed by atoms with E-state index in [1.165, 1.54) is 85.6 Å². The van der Waals surface area contributed by atoms with Gasteiger partial charge in [0.15, 0.2) is 0 Å². The molecule has 0 atom stereocenters. The SMILES string of the molecule is c1ccc(-n2c3ccccc3c3c4c5cc6sc7ccccc7c6cc5c5c6ccccc6cn5c4ccc32)cc1. The molecule has 0 N–H and O–H groups in total. The second-order valence-electron chi connectivity index (χ2n) is 11.0. The van der Waals surface area contributed by atoms with E-state index in [-0.39, 0.29) is 0 Å². The second-order valence-corrected chi connectivity index (χ2v) is 12.1. The van der Waals surface area contributed by atoms with E-state index in [4.69, 9.17) is 0 Å². The van der Waals surface area contributed by atoms with E-state index in [1.54, 1.807) is 0 Å². The maximum Gasteiger partial charge on any atom is 0.0613 e. The molecule has 190 valence electrons. The highest BCUT2D eigenvalue weighted by Gasteiger charge is 2.20. The Balaban J connectivity index is 1.53. The summed E-state index contributed by atoms with van der Waals surface area (Å²) in [6.45, 7) is 0. The van der Waals surface area contributed by atoms with Crippen molar-refractivity contribution in [3.63, 3.8) is 0 Å². The lowest BCUT2D eigenvalue weighted by Gasteiger charge is -2.13. The van der Waals surface area contributed by atoms with E-state index in [0.717, 1.165) is 0 Å². The first-order valence-corrected chi connectivity index (χ1v) is 14.8. The van der Waals surface area contributed by atoms with Gasteiger partial charge in [0.05, 0.1) is 22.1 Å². The van der Waals surface area contributed by atoms with E-state index < -0.39 is 0 Å². The molecule has 0 aliphatic heterocycles. The Hall–Kier alpha value is -5.12. The number of thiophene rings is 1. The molecule has 10 aromatic rings. The summed E-state index contributed by atoms with van der Waals surface area (Å²) in [6.07, 6.45) is 2.32. The van der Waals surface area contributed by atoms with Crippen LogP contribution in [0.4, 0.5) is 0 Å². The maximum atomic E-state index is 2.47. The number of rotatable bonds is 1. The predicted octanol–water partition coefficient (Wildman–Crippen LogP) is 10.9. The van der Waals surface area contributed by atoms with Crippen LogP contribution in [0.15, 0.2) is 134 Å². The molecule has 0 fully saturated rings. The molecule has 0 saturated carbocycles. The van der Waals surface area contributed by atoms with Gasteiger partial charge in [-0.25, -0.2) is 0 Å². The molecule has 0 aliphatic rings. The molecular weight excluding hydrogens is 516 g/mol. The lowest BCUT2D eigenvalue weighted by atomic mass is 9.97. The topological polar surface area (TPSA) is 9.34 Å². The number of hydrogen-bond donors (Lipinski definition) is 0. The van der Waals surface area contributed by atoms with Gasteiger partial charge in [-0.15, -0.1) is 11.3 Å². The highest BCUT2D eigenvalue weighted by Crippen LogP contribution is 2.45. The summed E-state index contributed by atoms with van der Waals surface area (Å²) < 4.78 is 7.54. The van der Waals surface area contributed by atoms with Gasteiger partial charge in [0.1, 0.15) is 0 Å². The first-order chi connectivity index (χ1) is 20.3. The van der Waals surface area contributed by atoms with Crippen LogP contribution in [0.5, 0.6) is 0 Å². The van der Waals surface area contributed by atoms with Crippen molar-refractivity contribution in [2.45, 2.75) is 0 Å². The van der Waals surface area contributed by atoms with Gasteiger partial charge < -0.3 is 8.97 Å². The van der Waals surface area contributed by atoms with Gasteiger partial charge >= 0.3 is 0 Å². The largest absolute Gasteiger partial charge is 0.315 e. The number of aromatic nitrogens is 2. The first-order valence-electron chi connectivity index (χ1n) is 14.0. The number of benzene rings is 6. The minimum atomic E-state index is 1.18. The van der Waals surface area contributed by atoms with Crippen LogP contribution < -0.4 is 0 Å². The van der Waals surface area contributed by atoms with E-state index in [0.29, 0.717) is 0 Å². The lowest BCUT2D eigenvalue weighted by Crippen LogP contribution is -1.94. The van der Waals surface area contributed by atoms with Crippen LogP contribution in [-0.4, -0.2) is 8.97 Å². The summed E-state index contributed by atoms with van der Waals surface area (Å²) in [6, 6.07) is 46.8. The third-order valence-electron chi connectivity index (χ3n) is 8.86. The molecule has 0 spiro atoms. The Kier molecular flexibility index (Phi) is 4.10. The minimum Gasteiger partial charge on any atom is -0.315 e. The summed E-state index contributed by atoms with van der Waals surface area (Å²) in [7, 11) is 0. The fraction of sp³-hybridized carbons (Fsp3) is 0. The quantitative estimate of drug-likeness (QED) is 0.184. The molecular formula is C38H22N2S. The normalized spacial score (nSPS) is 12.4. The molecule has 0 aliphatic carbocycles. The zero-order chi connectivity index (χ0) is 26.7. The summed E-state index contributed by atoms with van der Waals surface area (Å²) in [4.78, 5) is 0. The van der Waals surface area contributed by atoms with Crippen LogP contribution in [0.25, 0.3) is 85.6 Å². The van der Waals surface area contributed by atoms with Crippen molar-refractivity contribution in [2.24, 2.45) is 0 Å².